The van der Waals surface area contributed by atoms with Gasteiger partial charge in [-0.15, -0.1) is 4.74 Å². The number of aryl methyl sites for hydroxylation is 1. The van der Waals surface area contributed by atoms with Crippen LogP contribution in [0.3, 0.4) is 0 Å². The molecule has 0 N–H and O–H groups in total. The molecule has 5 nitrogen and oxygen atoms in total. The zero-order valence-corrected chi connectivity index (χ0v) is 7.51. The largest absolute Gasteiger partial charge is 0.401 e. The van der Waals surface area contributed by atoms with Crippen LogP contribution in [0.4, 0.5) is 0 Å². The topological polar surface area (TPSA) is 62.1 Å². The summed E-state index contributed by atoms with van der Waals surface area (Å²) in [5, 5.41) is 11.2. The minimum absolute atomic E-state index is 0.00750. The summed E-state index contributed by atoms with van der Waals surface area (Å²) in [6.45, 7) is 0. The van der Waals surface area contributed by atoms with Gasteiger partial charge in [-0.05, 0) is 4.90 Å². The molecule has 0 spiro atoms. The van der Waals surface area contributed by atoms with Gasteiger partial charge in [0, 0.05) is 5.56 Å². The summed E-state index contributed by atoms with van der Waals surface area (Å²) in [5.74, 6) is 0. The summed E-state index contributed by atoms with van der Waals surface area (Å²) in [5.41, 5.74) is 0.121. The SMILES string of the molecule is Cn1o[n+]([O-])c(-c2ccccc2)c1=O. The van der Waals surface area contributed by atoms with Gasteiger partial charge in [0.15, 0.2) is 0 Å². The standard InChI is InChI=1S/C9H8N2O3/c1-10-9(12)8(11(13)14-10)7-5-3-2-4-6-7/h2-6H,1H3. The van der Waals surface area contributed by atoms with Crippen LogP contribution >= 0.6 is 0 Å². The van der Waals surface area contributed by atoms with Gasteiger partial charge in [-0.2, -0.15) is 0 Å². The van der Waals surface area contributed by atoms with Crippen LogP contribution in [0.25, 0.3) is 11.3 Å². The summed E-state index contributed by atoms with van der Waals surface area (Å²) in [6, 6.07) is 8.67. The van der Waals surface area contributed by atoms with Crippen LogP contribution in [-0.4, -0.2) is 4.74 Å². The Balaban J connectivity index is 2.69. The van der Waals surface area contributed by atoms with Crippen molar-refractivity contribution in [3.63, 3.8) is 0 Å². The number of rotatable bonds is 1. The summed E-state index contributed by atoms with van der Waals surface area (Å²) in [6.07, 6.45) is 0. The van der Waals surface area contributed by atoms with Crippen molar-refractivity contribution >= 4 is 0 Å². The molecule has 0 saturated carbocycles. The molecule has 0 atom stereocenters. The van der Waals surface area contributed by atoms with Crippen molar-refractivity contribution in [3.05, 3.63) is 45.9 Å². The molecule has 1 aromatic heterocycles. The van der Waals surface area contributed by atoms with E-state index in [0.717, 1.165) is 4.74 Å². The number of hydrogen-bond donors (Lipinski definition) is 0. The highest BCUT2D eigenvalue weighted by Crippen LogP contribution is 2.09. The fraction of sp³-hybridized carbons (Fsp3) is 0.111. The summed E-state index contributed by atoms with van der Waals surface area (Å²) < 4.78 is 5.46. The molecule has 2 aromatic rings. The Hall–Kier alpha value is -2.04. The fourth-order valence-electron chi connectivity index (χ4n) is 1.24. The van der Waals surface area contributed by atoms with Gasteiger partial charge < -0.3 is 5.21 Å². The summed E-state index contributed by atoms with van der Waals surface area (Å²) in [4.78, 5) is 11.7. The van der Waals surface area contributed by atoms with Crippen LogP contribution in [0.1, 0.15) is 0 Å². The van der Waals surface area contributed by atoms with E-state index in [1.54, 1.807) is 24.3 Å². The molecule has 5 heteroatoms. The predicted octanol–water partition coefficient (Wildman–Crippen LogP) is 0.279. The molecule has 0 saturated heterocycles. The van der Waals surface area contributed by atoms with E-state index in [9.17, 15) is 10.0 Å². The fourth-order valence-corrected chi connectivity index (χ4v) is 1.24. The van der Waals surface area contributed by atoms with Gasteiger partial charge in [0.2, 0.25) is 0 Å². The monoisotopic (exact) mass is 192 g/mol. The first-order valence-electron chi connectivity index (χ1n) is 4.06. The lowest BCUT2D eigenvalue weighted by atomic mass is 10.2. The number of benzene rings is 1. The van der Waals surface area contributed by atoms with E-state index in [4.69, 9.17) is 0 Å². The van der Waals surface area contributed by atoms with E-state index in [1.807, 2.05) is 6.07 Å². The van der Waals surface area contributed by atoms with Crippen molar-refractivity contribution in [2.75, 3.05) is 0 Å². The maximum absolute atomic E-state index is 11.4. The first-order chi connectivity index (χ1) is 6.70. The average Bonchev–Trinajstić information content (AvgIpc) is 2.43. The highest BCUT2D eigenvalue weighted by atomic mass is 16.8. The molecule has 1 heterocycles. The Bertz CT molecular complexity index is 499. The van der Waals surface area contributed by atoms with Gasteiger partial charge in [0.25, 0.3) is 5.69 Å². The molecule has 0 aliphatic carbocycles. The van der Waals surface area contributed by atoms with E-state index >= 15 is 0 Å². The molecule has 0 bridgehead atoms. The van der Waals surface area contributed by atoms with Gasteiger partial charge in [0.1, 0.15) is 7.05 Å². The Kier molecular flexibility index (Phi) is 1.85. The molecule has 0 aliphatic heterocycles. The van der Waals surface area contributed by atoms with E-state index in [-0.39, 0.29) is 10.6 Å². The van der Waals surface area contributed by atoms with Gasteiger partial charge in [-0.3, -0.25) is 4.63 Å². The molecular formula is C9H8N2O3. The second-order valence-corrected chi connectivity index (χ2v) is 2.86. The lowest BCUT2D eigenvalue weighted by Crippen LogP contribution is -2.27. The number of aromatic nitrogens is 2. The van der Waals surface area contributed by atoms with Crippen LogP contribution in [0.15, 0.2) is 39.8 Å². The van der Waals surface area contributed by atoms with E-state index in [0.29, 0.717) is 5.56 Å². The van der Waals surface area contributed by atoms with Crippen LogP contribution < -0.4 is 10.5 Å². The van der Waals surface area contributed by atoms with Crippen molar-refractivity contribution < 1.29 is 9.53 Å². The van der Waals surface area contributed by atoms with Gasteiger partial charge >= 0.3 is 5.56 Å². The molecule has 2 rings (SSSR count). The lowest BCUT2D eigenvalue weighted by molar-refractivity contribution is -0.798. The Morgan fingerprint density at radius 3 is 2.50 bits per heavy atom. The molecule has 0 unspecified atom stereocenters. The summed E-state index contributed by atoms with van der Waals surface area (Å²) in [7, 11) is 1.39. The van der Waals surface area contributed by atoms with E-state index in [1.165, 1.54) is 7.05 Å². The zero-order valence-electron chi connectivity index (χ0n) is 7.51. The second kappa shape index (κ2) is 3.02. The molecular weight excluding hydrogens is 184 g/mol. The van der Waals surface area contributed by atoms with Crippen molar-refractivity contribution in [2.24, 2.45) is 7.05 Å². The predicted molar refractivity (Wildman–Crippen MR) is 48.3 cm³/mol. The third kappa shape index (κ3) is 1.19. The van der Waals surface area contributed by atoms with E-state index in [2.05, 4.69) is 4.63 Å². The van der Waals surface area contributed by atoms with Crippen molar-refractivity contribution in [1.29, 1.82) is 0 Å². The van der Waals surface area contributed by atoms with Gasteiger partial charge in [-0.25, -0.2) is 4.79 Å². The first-order valence-corrected chi connectivity index (χ1v) is 4.06. The minimum atomic E-state index is -0.439. The highest BCUT2D eigenvalue weighted by Gasteiger charge is 2.17. The Morgan fingerprint density at radius 1 is 1.36 bits per heavy atom. The van der Waals surface area contributed by atoms with Crippen molar-refractivity contribution in [2.45, 2.75) is 0 Å². The van der Waals surface area contributed by atoms with Crippen LogP contribution in [0.2, 0.25) is 0 Å². The Labute approximate surface area is 79.3 Å². The molecule has 14 heavy (non-hydrogen) atoms. The minimum Gasteiger partial charge on any atom is -0.359 e. The number of hydrogen-bond acceptors (Lipinski definition) is 3. The Morgan fingerprint density at radius 2 is 2.00 bits per heavy atom. The van der Waals surface area contributed by atoms with E-state index < -0.39 is 5.56 Å². The van der Waals surface area contributed by atoms with Crippen molar-refractivity contribution in [1.82, 2.24) is 4.74 Å². The summed E-state index contributed by atoms with van der Waals surface area (Å²) >= 11 is 0. The maximum atomic E-state index is 11.4. The zero-order chi connectivity index (χ0) is 10.1. The third-order valence-corrected chi connectivity index (χ3v) is 1.92. The maximum Gasteiger partial charge on any atom is 0.401 e. The van der Waals surface area contributed by atoms with Gasteiger partial charge in [-0.1, -0.05) is 30.3 Å². The number of nitrogens with zero attached hydrogens (tertiary/aromatic N) is 2. The second-order valence-electron chi connectivity index (χ2n) is 2.86. The van der Waals surface area contributed by atoms with Crippen LogP contribution in [-0.2, 0) is 7.05 Å². The van der Waals surface area contributed by atoms with Crippen LogP contribution in [0, 0.1) is 5.21 Å². The molecule has 1 aromatic carbocycles. The molecule has 0 aliphatic rings. The molecule has 0 fully saturated rings. The quantitative estimate of drug-likeness (QED) is 0.609. The van der Waals surface area contributed by atoms with Crippen molar-refractivity contribution in [3.8, 4) is 11.3 Å². The molecule has 0 amide bonds. The normalized spacial score (nSPS) is 10.4. The lowest BCUT2D eigenvalue weighted by Gasteiger charge is -1.93. The third-order valence-electron chi connectivity index (χ3n) is 1.92. The molecule has 72 valence electrons. The smallest absolute Gasteiger partial charge is 0.359 e. The first kappa shape index (κ1) is 8.55. The highest BCUT2D eigenvalue weighted by molar-refractivity contribution is 5.54. The average molecular weight is 192 g/mol. The van der Waals surface area contributed by atoms with Crippen LogP contribution in [0.5, 0.6) is 0 Å². The van der Waals surface area contributed by atoms with Gasteiger partial charge in [0.05, 0.1) is 0 Å². The molecule has 0 radical (unpaired) electrons.